The van der Waals surface area contributed by atoms with Gasteiger partial charge in [0.25, 0.3) is 0 Å². The predicted molar refractivity (Wildman–Crippen MR) is 39.1 cm³/mol. The molecule has 9 heavy (non-hydrogen) atoms. The van der Waals surface area contributed by atoms with Gasteiger partial charge in [-0.2, -0.15) is 5.06 Å². The molecule has 1 aliphatic heterocycles. The number of nitrogens with zero attached hydrogens (tertiary/aromatic N) is 1. The van der Waals surface area contributed by atoms with Gasteiger partial charge >= 0.3 is 0 Å². The average Bonchev–Trinajstić information content (AvgIpc) is 2.18. The highest BCUT2D eigenvalue weighted by Gasteiger charge is 2.19. The Balaban J connectivity index is 2.22. The summed E-state index contributed by atoms with van der Waals surface area (Å²) < 4.78 is 0. The smallest absolute Gasteiger partial charge is 0.128 e. The lowest BCUT2D eigenvalue weighted by Crippen LogP contribution is -2.30. The average molecular weight is 148 g/mol. The Hall–Kier alpha value is 0.230. The second-order valence-electron chi connectivity index (χ2n) is 1.89. The topological polar surface area (TPSA) is 24.5 Å². The number of rotatable bonds is 2. The molecule has 0 aromatic heterocycles. The maximum Gasteiger partial charge on any atom is 0.128 e. The molecule has 0 aromatic rings. The molecule has 1 N–H and O–H groups in total. The molecule has 0 amide bonds. The van der Waals surface area contributed by atoms with E-state index in [1.54, 1.807) is 0 Å². The number of nitrogens with one attached hydrogen (secondary N) is 1. The normalized spacial score (nSPS) is 29.3. The van der Waals surface area contributed by atoms with E-state index in [2.05, 4.69) is 17.9 Å². The van der Waals surface area contributed by atoms with E-state index in [1.807, 2.05) is 12.0 Å². The van der Waals surface area contributed by atoms with Gasteiger partial charge in [-0.1, -0.05) is 0 Å². The first-order valence-corrected chi connectivity index (χ1v) is 3.67. The van der Waals surface area contributed by atoms with Crippen LogP contribution in [-0.2, 0) is 4.84 Å². The highest BCUT2D eigenvalue weighted by molar-refractivity contribution is 7.80. The van der Waals surface area contributed by atoms with Gasteiger partial charge in [-0.15, -0.1) is 12.6 Å². The molecule has 1 unspecified atom stereocenters. The molecule has 1 aliphatic rings. The number of hydroxylamine groups is 2. The Bertz CT molecular complexity index is 91.0. The minimum atomic E-state index is 0.0879. The largest absolute Gasteiger partial charge is 0.297 e. The maximum atomic E-state index is 5.21. The van der Waals surface area contributed by atoms with Gasteiger partial charge in [0.05, 0.1) is 6.61 Å². The van der Waals surface area contributed by atoms with Crippen molar-refractivity contribution in [2.24, 2.45) is 0 Å². The van der Waals surface area contributed by atoms with Crippen molar-refractivity contribution in [1.29, 1.82) is 0 Å². The van der Waals surface area contributed by atoms with Crippen molar-refractivity contribution in [3.63, 3.8) is 0 Å². The molecule has 0 spiro atoms. The fourth-order valence-electron chi connectivity index (χ4n) is 0.829. The zero-order valence-corrected chi connectivity index (χ0v) is 6.40. The van der Waals surface area contributed by atoms with E-state index in [9.17, 15) is 0 Å². The number of hydrogen-bond donors (Lipinski definition) is 2. The van der Waals surface area contributed by atoms with Crippen LogP contribution in [0.3, 0.4) is 0 Å². The summed E-state index contributed by atoms with van der Waals surface area (Å²) in [5.74, 6) is 0. The van der Waals surface area contributed by atoms with Crippen molar-refractivity contribution in [1.82, 2.24) is 10.4 Å². The Morgan fingerprint density at radius 1 is 1.89 bits per heavy atom. The van der Waals surface area contributed by atoms with Gasteiger partial charge in [0, 0.05) is 13.1 Å². The summed E-state index contributed by atoms with van der Waals surface area (Å²) in [4.78, 5) is 5.21. The molecule has 3 nitrogen and oxygen atoms in total. The first kappa shape index (κ1) is 7.34. The third-order valence-electron chi connectivity index (χ3n) is 1.23. The van der Waals surface area contributed by atoms with Gasteiger partial charge < -0.3 is 0 Å². The Labute approximate surface area is 60.7 Å². The standard InChI is InChI=1S/C5H12N2OS/c1-2-8-7-4-3-6-5(7)9/h5-6,9H,2-4H2,1H3. The molecule has 1 rings (SSSR count). The van der Waals surface area contributed by atoms with Gasteiger partial charge in [-0.25, -0.2) is 0 Å². The van der Waals surface area contributed by atoms with Crippen molar-refractivity contribution in [3.05, 3.63) is 0 Å². The zero-order chi connectivity index (χ0) is 6.69. The minimum absolute atomic E-state index is 0.0879. The summed E-state index contributed by atoms with van der Waals surface area (Å²) in [7, 11) is 0. The van der Waals surface area contributed by atoms with Crippen molar-refractivity contribution in [3.8, 4) is 0 Å². The van der Waals surface area contributed by atoms with Crippen molar-refractivity contribution in [2.75, 3.05) is 19.7 Å². The van der Waals surface area contributed by atoms with Crippen LogP contribution in [0.15, 0.2) is 0 Å². The van der Waals surface area contributed by atoms with E-state index in [-0.39, 0.29) is 5.50 Å². The molecule has 4 heteroatoms. The molecule has 1 saturated heterocycles. The second kappa shape index (κ2) is 3.41. The highest BCUT2D eigenvalue weighted by Crippen LogP contribution is 2.05. The molecular weight excluding hydrogens is 136 g/mol. The van der Waals surface area contributed by atoms with Crippen LogP contribution in [0.25, 0.3) is 0 Å². The SMILES string of the molecule is CCON1CCNC1S. The summed E-state index contributed by atoms with van der Waals surface area (Å²) in [6.07, 6.45) is 0. The lowest BCUT2D eigenvalue weighted by Gasteiger charge is -2.17. The highest BCUT2D eigenvalue weighted by atomic mass is 32.1. The Kier molecular flexibility index (Phi) is 2.78. The van der Waals surface area contributed by atoms with Gasteiger partial charge in [-0.05, 0) is 6.92 Å². The van der Waals surface area contributed by atoms with Crippen LogP contribution in [0.5, 0.6) is 0 Å². The molecule has 0 radical (unpaired) electrons. The summed E-state index contributed by atoms with van der Waals surface area (Å²) in [5, 5.41) is 4.96. The second-order valence-corrected chi connectivity index (χ2v) is 2.38. The fraction of sp³-hybridized carbons (Fsp3) is 1.00. The molecule has 0 bridgehead atoms. The molecule has 1 atom stereocenters. The van der Waals surface area contributed by atoms with Crippen molar-refractivity contribution < 1.29 is 4.84 Å². The number of thiol groups is 1. The molecule has 0 aliphatic carbocycles. The minimum Gasteiger partial charge on any atom is -0.297 e. The maximum absolute atomic E-state index is 5.21. The van der Waals surface area contributed by atoms with E-state index < -0.39 is 0 Å². The van der Waals surface area contributed by atoms with Crippen LogP contribution in [0, 0.1) is 0 Å². The summed E-state index contributed by atoms with van der Waals surface area (Å²) in [5.41, 5.74) is 0.0879. The molecular formula is C5H12N2OS. The van der Waals surface area contributed by atoms with E-state index in [1.165, 1.54) is 0 Å². The van der Waals surface area contributed by atoms with E-state index >= 15 is 0 Å². The van der Waals surface area contributed by atoms with E-state index in [0.717, 1.165) is 19.7 Å². The summed E-state index contributed by atoms with van der Waals surface area (Å²) in [6, 6.07) is 0. The first-order chi connectivity index (χ1) is 4.34. The third kappa shape index (κ3) is 1.82. The Morgan fingerprint density at radius 2 is 2.67 bits per heavy atom. The molecule has 0 aromatic carbocycles. The summed E-state index contributed by atoms with van der Waals surface area (Å²) in [6.45, 7) is 4.59. The number of hydrogen-bond acceptors (Lipinski definition) is 4. The third-order valence-corrected chi connectivity index (χ3v) is 1.67. The van der Waals surface area contributed by atoms with E-state index in [0.29, 0.717) is 0 Å². The Morgan fingerprint density at radius 3 is 3.11 bits per heavy atom. The van der Waals surface area contributed by atoms with Gasteiger partial charge in [0.15, 0.2) is 0 Å². The van der Waals surface area contributed by atoms with Gasteiger partial charge in [0.2, 0.25) is 0 Å². The lowest BCUT2D eigenvalue weighted by molar-refractivity contribution is -0.146. The van der Waals surface area contributed by atoms with Crippen LogP contribution >= 0.6 is 12.6 Å². The first-order valence-electron chi connectivity index (χ1n) is 3.15. The van der Waals surface area contributed by atoms with Crippen LogP contribution in [-0.4, -0.2) is 30.3 Å². The van der Waals surface area contributed by atoms with Crippen LogP contribution in [0.2, 0.25) is 0 Å². The van der Waals surface area contributed by atoms with Gasteiger partial charge in [-0.3, -0.25) is 10.2 Å². The molecule has 1 heterocycles. The van der Waals surface area contributed by atoms with Crippen molar-refractivity contribution >= 4 is 12.6 Å². The predicted octanol–water partition coefficient (Wildman–Crippen LogP) is 0.0565. The molecule has 0 saturated carbocycles. The van der Waals surface area contributed by atoms with Gasteiger partial charge in [0.1, 0.15) is 5.50 Å². The molecule has 1 fully saturated rings. The zero-order valence-electron chi connectivity index (χ0n) is 5.50. The van der Waals surface area contributed by atoms with Crippen LogP contribution in [0.4, 0.5) is 0 Å². The molecule has 54 valence electrons. The van der Waals surface area contributed by atoms with Crippen LogP contribution in [0.1, 0.15) is 6.92 Å². The van der Waals surface area contributed by atoms with E-state index in [4.69, 9.17) is 4.84 Å². The monoisotopic (exact) mass is 148 g/mol. The summed E-state index contributed by atoms with van der Waals surface area (Å²) >= 11 is 4.21. The fourth-order valence-corrected chi connectivity index (χ4v) is 1.14. The van der Waals surface area contributed by atoms with Crippen LogP contribution < -0.4 is 5.32 Å². The lowest BCUT2D eigenvalue weighted by atomic mass is 10.7. The van der Waals surface area contributed by atoms with Crippen molar-refractivity contribution in [2.45, 2.75) is 12.4 Å². The quantitative estimate of drug-likeness (QED) is 0.541.